The molecule has 0 aliphatic carbocycles. The fourth-order valence-electron chi connectivity index (χ4n) is 3.78. The van der Waals surface area contributed by atoms with Crippen LogP contribution in [-0.4, -0.2) is 59.6 Å². The molecule has 1 heterocycles. The molecule has 0 spiro atoms. The summed E-state index contributed by atoms with van der Waals surface area (Å²) in [6.07, 6.45) is 3.34. The molecule has 1 aliphatic rings. The number of nitrogens with zero attached hydrogens (tertiary/aromatic N) is 2. The Morgan fingerprint density at radius 3 is 2.50 bits per heavy atom. The third-order valence-electron chi connectivity index (χ3n) is 6.00. The highest BCUT2D eigenvalue weighted by Crippen LogP contribution is 2.24. The summed E-state index contributed by atoms with van der Waals surface area (Å²) in [4.78, 5) is 15.1. The van der Waals surface area contributed by atoms with Gasteiger partial charge in [0.05, 0.1) is 17.7 Å². The molecule has 1 aliphatic heterocycles. The normalized spacial score (nSPS) is 15.3. The fourth-order valence-corrected chi connectivity index (χ4v) is 5.02. The zero-order valence-electron chi connectivity index (χ0n) is 19.1. The number of carbonyl (C=O) groups is 1. The molecule has 2 aromatic carbocycles. The average Bonchev–Trinajstić information content (AvgIpc) is 2.82. The highest BCUT2D eigenvalue weighted by atomic mass is 32.2. The summed E-state index contributed by atoms with van der Waals surface area (Å²) < 4.78 is 32.5. The van der Waals surface area contributed by atoms with Gasteiger partial charge in [-0.05, 0) is 87.3 Å². The number of benzene rings is 2. The van der Waals surface area contributed by atoms with Crippen molar-refractivity contribution in [2.75, 3.05) is 44.6 Å². The molecule has 1 amide bonds. The summed E-state index contributed by atoms with van der Waals surface area (Å²) >= 11 is 0. The van der Waals surface area contributed by atoms with Crippen LogP contribution in [0, 0.1) is 5.92 Å². The molecule has 3 rings (SSSR count). The van der Waals surface area contributed by atoms with Gasteiger partial charge in [0.25, 0.3) is 15.9 Å². The second-order valence-corrected chi connectivity index (χ2v) is 10.3. The third kappa shape index (κ3) is 6.01. The minimum absolute atomic E-state index is 0.0749. The average molecular weight is 460 g/mol. The molecule has 32 heavy (non-hydrogen) atoms. The van der Waals surface area contributed by atoms with Crippen LogP contribution < -0.4 is 14.4 Å². The molecular weight excluding hydrogens is 426 g/mol. The summed E-state index contributed by atoms with van der Waals surface area (Å²) in [6.45, 7) is 6.07. The topological polar surface area (TPSA) is 78.9 Å². The number of methoxy groups -OCH3 is 1. The molecule has 0 saturated carbocycles. The van der Waals surface area contributed by atoms with Crippen LogP contribution in [0.4, 0.5) is 5.69 Å². The maximum Gasteiger partial charge on any atom is 0.264 e. The maximum atomic E-state index is 13.1. The van der Waals surface area contributed by atoms with E-state index in [0.29, 0.717) is 23.5 Å². The Morgan fingerprint density at radius 1 is 1.16 bits per heavy atom. The van der Waals surface area contributed by atoms with E-state index in [4.69, 9.17) is 4.74 Å². The smallest absolute Gasteiger partial charge is 0.264 e. The molecule has 2 aromatic rings. The Kier molecular flexibility index (Phi) is 8.15. The van der Waals surface area contributed by atoms with Crippen LogP contribution in [0.1, 0.15) is 36.5 Å². The lowest BCUT2D eigenvalue weighted by Crippen LogP contribution is -2.35. The minimum atomic E-state index is -3.81. The van der Waals surface area contributed by atoms with E-state index in [1.807, 2.05) is 0 Å². The van der Waals surface area contributed by atoms with Gasteiger partial charge >= 0.3 is 0 Å². The quantitative estimate of drug-likeness (QED) is 0.582. The van der Waals surface area contributed by atoms with Gasteiger partial charge in [0.1, 0.15) is 5.75 Å². The van der Waals surface area contributed by atoms with Crippen LogP contribution in [0.15, 0.2) is 53.4 Å². The Hall–Kier alpha value is -2.58. The monoisotopic (exact) mass is 459 g/mol. The number of hydrogen-bond acceptors (Lipinski definition) is 5. The molecule has 0 bridgehead atoms. The van der Waals surface area contributed by atoms with E-state index in [1.165, 1.54) is 36.3 Å². The summed E-state index contributed by atoms with van der Waals surface area (Å²) in [7, 11) is -0.759. The standard InChI is InChI=1S/C24H33N3O4S/c1-19-12-16-27(17-13-19)15-5-14-25-24(28)20-6-4-7-23(18-20)32(29,30)26(2)21-8-10-22(31-3)11-9-21/h4,6-11,18-19H,5,12-17H2,1-3H3,(H,25,28). The number of amides is 1. The molecule has 1 N–H and O–H groups in total. The number of piperidine rings is 1. The number of rotatable bonds is 9. The first-order valence-electron chi connectivity index (χ1n) is 11.0. The number of likely N-dealkylation sites (tertiary alicyclic amines) is 1. The maximum absolute atomic E-state index is 13.1. The Balaban J connectivity index is 1.58. The van der Waals surface area contributed by atoms with Gasteiger partial charge in [-0.3, -0.25) is 9.10 Å². The lowest BCUT2D eigenvalue weighted by molar-refractivity contribution is 0.0950. The van der Waals surface area contributed by atoms with Gasteiger partial charge in [-0.2, -0.15) is 0 Å². The van der Waals surface area contributed by atoms with Gasteiger partial charge in [0.2, 0.25) is 0 Å². The van der Waals surface area contributed by atoms with Crippen LogP contribution in [0.3, 0.4) is 0 Å². The van der Waals surface area contributed by atoms with Crippen molar-refractivity contribution in [2.45, 2.75) is 31.1 Å². The van der Waals surface area contributed by atoms with E-state index in [0.717, 1.165) is 32.0 Å². The van der Waals surface area contributed by atoms with E-state index in [1.54, 1.807) is 43.5 Å². The van der Waals surface area contributed by atoms with Gasteiger partial charge < -0.3 is 15.0 Å². The van der Waals surface area contributed by atoms with Gasteiger partial charge in [-0.1, -0.05) is 13.0 Å². The number of ether oxygens (including phenoxy) is 1. The second-order valence-electron chi connectivity index (χ2n) is 8.33. The van der Waals surface area contributed by atoms with Crippen molar-refractivity contribution in [3.8, 4) is 5.75 Å². The van der Waals surface area contributed by atoms with Gasteiger partial charge in [-0.25, -0.2) is 8.42 Å². The molecule has 7 nitrogen and oxygen atoms in total. The van der Waals surface area contributed by atoms with Gasteiger partial charge in [-0.15, -0.1) is 0 Å². The molecule has 174 valence electrons. The molecule has 0 radical (unpaired) electrons. The first-order valence-corrected chi connectivity index (χ1v) is 12.5. The third-order valence-corrected chi connectivity index (χ3v) is 7.79. The Morgan fingerprint density at radius 2 is 1.84 bits per heavy atom. The molecule has 1 fully saturated rings. The highest BCUT2D eigenvalue weighted by molar-refractivity contribution is 7.92. The van der Waals surface area contributed by atoms with E-state index in [9.17, 15) is 13.2 Å². The molecule has 0 unspecified atom stereocenters. The van der Waals surface area contributed by atoms with Crippen molar-refractivity contribution >= 4 is 21.6 Å². The number of anilines is 1. The van der Waals surface area contributed by atoms with Crippen molar-refractivity contribution in [3.63, 3.8) is 0 Å². The van der Waals surface area contributed by atoms with E-state index in [-0.39, 0.29) is 10.8 Å². The minimum Gasteiger partial charge on any atom is -0.497 e. The van der Waals surface area contributed by atoms with Crippen LogP contribution in [0.5, 0.6) is 5.75 Å². The molecule has 0 aromatic heterocycles. The van der Waals surface area contributed by atoms with Gasteiger partial charge in [0.15, 0.2) is 0 Å². The van der Waals surface area contributed by atoms with Crippen LogP contribution in [0.25, 0.3) is 0 Å². The summed E-state index contributed by atoms with van der Waals surface area (Å²) in [5.74, 6) is 1.19. The lowest BCUT2D eigenvalue weighted by Gasteiger charge is -2.30. The van der Waals surface area contributed by atoms with Gasteiger partial charge in [0, 0.05) is 19.2 Å². The Bertz CT molecular complexity index is 1000. The van der Waals surface area contributed by atoms with Crippen molar-refractivity contribution in [1.82, 2.24) is 10.2 Å². The SMILES string of the molecule is COc1ccc(N(C)S(=O)(=O)c2cccc(C(=O)NCCCN3CCC(C)CC3)c2)cc1. The summed E-state index contributed by atoms with van der Waals surface area (Å²) in [5, 5.41) is 2.91. The van der Waals surface area contributed by atoms with Crippen molar-refractivity contribution in [2.24, 2.45) is 5.92 Å². The zero-order chi connectivity index (χ0) is 23.1. The largest absolute Gasteiger partial charge is 0.497 e. The Labute approximate surface area is 191 Å². The number of sulfonamides is 1. The van der Waals surface area contributed by atoms with E-state index < -0.39 is 10.0 Å². The predicted octanol–water partition coefficient (Wildman–Crippen LogP) is 3.37. The number of nitrogens with one attached hydrogen (secondary N) is 1. The van der Waals surface area contributed by atoms with Crippen LogP contribution in [-0.2, 0) is 10.0 Å². The predicted molar refractivity (Wildman–Crippen MR) is 127 cm³/mol. The first kappa shape index (κ1) is 24.1. The van der Waals surface area contributed by atoms with E-state index >= 15 is 0 Å². The lowest BCUT2D eigenvalue weighted by atomic mass is 9.99. The summed E-state index contributed by atoms with van der Waals surface area (Å²) in [6, 6.07) is 12.9. The van der Waals surface area contributed by atoms with Crippen molar-refractivity contribution < 1.29 is 17.9 Å². The first-order chi connectivity index (χ1) is 15.3. The molecular formula is C24H33N3O4S. The number of hydrogen-bond donors (Lipinski definition) is 1. The fraction of sp³-hybridized carbons (Fsp3) is 0.458. The van der Waals surface area contributed by atoms with Crippen molar-refractivity contribution in [1.29, 1.82) is 0 Å². The second kappa shape index (κ2) is 10.8. The zero-order valence-corrected chi connectivity index (χ0v) is 19.9. The highest BCUT2D eigenvalue weighted by Gasteiger charge is 2.22. The number of carbonyl (C=O) groups excluding carboxylic acids is 1. The summed E-state index contributed by atoms with van der Waals surface area (Å²) in [5.41, 5.74) is 0.841. The van der Waals surface area contributed by atoms with Crippen molar-refractivity contribution in [3.05, 3.63) is 54.1 Å². The van der Waals surface area contributed by atoms with E-state index in [2.05, 4.69) is 17.1 Å². The molecule has 8 heteroatoms. The molecule has 1 saturated heterocycles. The molecule has 0 atom stereocenters. The van der Waals surface area contributed by atoms with Crippen LogP contribution >= 0.6 is 0 Å². The van der Waals surface area contributed by atoms with Crippen LogP contribution in [0.2, 0.25) is 0 Å².